The van der Waals surface area contributed by atoms with Gasteiger partial charge in [-0.15, -0.1) is 0 Å². The molecule has 1 aromatic rings. The van der Waals surface area contributed by atoms with E-state index in [1.807, 2.05) is 12.1 Å². The lowest BCUT2D eigenvalue weighted by Crippen LogP contribution is -2.38. The lowest BCUT2D eigenvalue weighted by atomic mass is 10.1. The number of carbonyl (C=O) groups excluding carboxylic acids is 1. The maximum absolute atomic E-state index is 12.2. The first-order valence-electron chi connectivity index (χ1n) is 8.16. The quantitative estimate of drug-likeness (QED) is 0.760. The van der Waals surface area contributed by atoms with Gasteiger partial charge in [0.2, 0.25) is 11.7 Å². The van der Waals surface area contributed by atoms with E-state index in [0.717, 1.165) is 38.2 Å². The van der Waals surface area contributed by atoms with Gasteiger partial charge in [-0.05, 0) is 37.2 Å². The van der Waals surface area contributed by atoms with Gasteiger partial charge in [0, 0.05) is 19.6 Å². The summed E-state index contributed by atoms with van der Waals surface area (Å²) in [4.78, 5) is 14.3. The van der Waals surface area contributed by atoms with E-state index in [2.05, 4.69) is 15.5 Å². The zero-order valence-corrected chi connectivity index (χ0v) is 14.7. The Kier molecular flexibility index (Phi) is 7.14. The number of nitrogens with one attached hydrogen (secondary N) is 2. The Morgan fingerprint density at radius 2 is 1.83 bits per heavy atom. The second-order valence-corrected chi connectivity index (χ2v) is 5.69. The highest BCUT2D eigenvalue weighted by atomic mass is 16.5. The SMILES string of the molecule is COc1cc(CNC(=O)CN2CCCNCC2)cc(OC)c1OC. The van der Waals surface area contributed by atoms with Crippen LogP contribution in [0.2, 0.25) is 0 Å². The van der Waals surface area contributed by atoms with Crippen molar-refractivity contribution < 1.29 is 19.0 Å². The van der Waals surface area contributed by atoms with Crippen LogP contribution in [-0.2, 0) is 11.3 Å². The molecule has 1 saturated heterocycles. The summed E-state index contributed by atoms with van der Waals surface area (Å²) < 4.78 is 16.0. The molecular weight excluding hydrogens is 310 g/mol. The van der Waals surface area contributed by atoms with Crippen molar-refractivity contribution in [3.63, 3.8) is 0 Å². The Morgan fingerprint density at radius 1 is 1.12 bits per heavy atom. The van der Waals surface area contributed by atoms with Crippen LogP contribution in [0.15, 0.2) is 12.1 Å². The number of hydrogen-bond donors (Lipinski definition) is 2. The van der Waals surface area contributed by atoms with Gasteiger partial charge in [0.1, 0.15) is 0 Å². The average molecular weight is 337 g/mol. The fourth-order valence-corrected chi connectivity index (χ4v) is 2.76. The van der Waals surface area contributed by atoms with Crippen molar-refractivity contribution in [2.75, 3.05) is 54.1 Å². The molecule has 1 aliphatic heterocycles. The van der Waals surface area contributed by atoms with E-state index in [1.54, 1.807) is 21.3 Å². The number of amides is 1. The van der Waals surface area contributed by atoms with E-state index in [9.17, 15) is 4.79 Å². The van der Waals surface area contributed by atoms with E-state index in [1.165, 1.54) is 0 Å². The summed E-state index contributed by atoms with van der Waals surface area (Å²) in [6, 6.07) is 3.69. The van der Waals surface area contributed by atoms with Crippen LogP contribution < -0.4 is 24.8 Å². The molecule has 1 amide bonds. The predicted molar refractivity (Wildman–Crippen MR) is 91.9 cm³/mol. The summed E-state index contributed by atoms with van der Waals surface area (Å²) >= 11 is 0. The Balaban J connectivity index is 1.94. The molecular formula is C17H27N3O4. The first-order chi connectivity index (χ1) is 11.7. The predicted octanol–water partition coefficient (Wildman–Crippen LogP) is 0.624. The fraction of sp³-hybridized carbons (Fsp3) is 0.588. The third kappa shape index (κ3) is 5.01. The molecule has 0 atom stereocenters. The van der Waals surface area contributed by atoms with Gasteiger partial charge in [-0.1, -0.05) is 0 Å². The van der Waals surface area contributed by atoms with Gasteiger partial charge in [-0.3, -0.25) is 9.69 Å². The van der Waals surface area contributed by atoms with Crippen molar-refractivity contribution in [2.45, 2.75) is 13.0 Å². The Morgan fingerprint density at radius 3 is 2.46 bits per heavy atom. The van der Waals surface area contributed by atoms with Gasteiger partial charge in [-0.2, -0.15) is 0 Å². The van der Waals surface area contributed by atoms with Gasteiger partial charge in [0.15, 0.2) is 11.5 Å². The van der Waals surface area contributed by atoms with Crippen molar-refractivity contribution in [3.8, 4) is 17.2 Å². The lowest BCUT2D eigenvalue weighted by molar-refractivity contribution is -0.122. The second kappa shape index (κ2) is 9.34. The van der Waals surface area contributed by atoms with Gasteiger partial charge in [-0.25, -0.2) is 0 Å². The smallest absolute Gasteiger partial charge is 0.234 e. The monoisotopic (exact) mass is 337 g/mol. The third-order valence-electron chi connectivity index (χ3n) is 4.01. The standard InChI is InChI=1S/C17H27N3O4/c1-22-14-9-13(10-15(23-2)17(14)24-3)11-19-16(21)12-20-7-4-5-18-6-8-20/h9-10,18H,4-8,11-12H2,1-3H3,(H,19,21). The molecule has 1 aromatic carbocycles. The number of rotatable bonds is 7. The Hall–Kier alpha value is -1.99. The van der Waals surface area contributed by atoms with Crippen molar-refractivity contribution in [3.05, 3.63) is 17.7 Å². The summed E-state index contributed by atoms with van der Waals surface area (Å²) in [5, 5.41) is 6.29. The van der Waals surface area contributed by atoms with E-state index >= 15 is 0 Å². The van der Waals surface area contributed by atoms with E-state index in [4.69, 9.17) is 14.2 Å². The van der Waals surface area contributed by atoms with Crippen molar-refractivity contribution in [2.24, 2.45) is 0 Å². The van der Waals surface area contributed by atoms with Crippen molar-refractivity contribution >= 4 is 5.91 Å². The lowest BCUT2D eigenvalue weighted by Gasteiger charge is -2.19. The molecule has 0 aliphatic carbocycles. The molecule has 2 rings (SSSR count). The first kappa shape index (κ1) is 18.4. The van der Waals surface area contributed by atoms with Crippen LogP contribution in [-0.4, -0.2) is 64.9 Å². The maximum Gasteiger partial charge on any atom is 0.234 e. The van der Waals surface area contributed by atoms with Crippen LogP contribution in [0.5, 0.6) is 17.2 Å². The molecule has 0 spiro atoms. The average Bonchev–Trinajstić information content (AvgIpc) is 2.87. The minimum absolute atomic E-state index is 0.0191. The minimum Gasteiger partial charge on any atom is -0.493 e. The molecule has 1 heterocycles. The summed E-state index contributed by atoms with van der Waals surface area (Å²) in [6.07, 6.45) is 1.07. The number of nitrogens with zero attached hydrogens (tertiary/aromatic N) is 1. The molecule has 0 aromatic heterocycles. The highest BCUT2D eigenvalue weighted by Crippen LogP contribution is 2.38. The maximum atomic E-state index is 12.2. The largest absolute Gasteiger partial charge is 0.493 e. The van der Waals surface area contributed by atoms with Crippen LogP contribution in [0.4, 0.5) is 0 Å². The molecule has 7 heteroatoms. The summed E-state index contributed by atoms with van der Waals surface area (Å²) in [5.41, 5.74) is 0.899. The van der Waals surface area contributed by atoms with Crippen molar-refractivity contribution in [1.29, 1.82) is 0 Å². The number of hydrogen-bond acceptors (Lipinski definition) is 6. The van der Waals surface area contributed by atoms with Gasteiger partial charge in [0.25, 0.3) is 0 Å². The van der Waals surface area contributed by atoms with Crippen LogP contribution in [0.3, 0.4) is 0 Å². The van der Waals surface area contributed by atoms with E-state index in [-0.39, 0.29) is 5.91 Å². The van der Waals surface area contributed by atoms with E-state index in [0.29, 0.717) is 30.3 Å². The first-order valence-corrected chi connectivity index (χ1v) is 8.16. The zero-order valence-electron chi connectivity index (χ0n) is 14.7. The second-order valence-electron chi connectivity index (χ2n) is 5.69. The molecule has 0 radical (unpaired) electrons. The molecule has 0 unspecified atom stereocenters. The Labute approximate surface area is 143 Å². The number of methoxy groups -OCH3 is 3. The number of ether oxygens (including phenoxy) is 3. The molecule has 134 valence electrons. The fourth-order valence-electron chi connectivity index (χ4n) is 2.76. The van der Waals surface area contributed by atoms with E-state index < -0.39 is 0 Å². The highest BCUT2D eigenvalue weighted by Gasteiger charge is 2.15. The molecule has 1 aliphatic rings. The van der Waals surface area contributed by atoms with Crippen molar-refractivity contribution in [1.82, 2.24) is 15.5 Å². The summed E-state index contributed by atoms with van der Waals surface area (Å²) in [7, 11) is 4.72. The molecule has 24 heavy (non-hydrogen) atoms. The van der Waals surface area contributed by atoms with Gasteiger partial charge >= 0.3 is 0 Å². The third-order valence-corrected chi connectivity index (χ3v) is 4.01. The molecule has 2 N–H and O–H groups in total. The minimum atomic E-state index is 0.0191. The molecule has 0 saturated carbocycles. The number of benzene rings is 1. The van der Waals surface area contributed by atoms with Gasteiger partial charge < -0.3 is 24.8 Å². The Bertz CT molecular complexity index is 518. The zero-order chi connectivity index (χ0) is 17.4. The summed E-state index contributed by atoms with van der Waals surface area (Å²) in [5.74, 6) is 1.73. The van der Waals surface area contributed by atoms with Crippen LogP contribution in [0, 0.1) is 0 Å². The highest BCUT2D eigenvalue weighted by molar-refractivity contribution is 5.78. The van der Waals surface area contributed by atoms with Crippen LogP contribution in [0.25, 0.3) is 0 Å². The van der Waals surface area contributed by atoms with Crippen LogP contribution >= 0.6 is 0 Å². The number of carbonyl (C=O) groups is 1. The molecule has 0 bridgehead atoms. The van der Waals surface area contributed by atoms with Gasteiger partial charge in [0.05, 0.1) is 27.9 Å². The summed E-state index contributed by atoms with van der Waals surface area (Å²) in [6.45, 7) is 4.64. The molecule has 7 nitrogen and oxygen atoms in total. The normalized spacial score (nSPS) is 15.5. The van der Waals surface area contributed by atoms with Crippen LogP contribution in [0.1, 0.15) is 12.0 Å². The topological polar surface area (TPSA) is 72.1 Å². The molecule has 1 fully saturated rings.